The second-order valence-electron chi connectivity index (χ2n) is 4.41. The maximum atomic E-state index is 12.3. The van der Waals surface area contributed by atoms with Crippen molar-refractivity contribution in [2.24, 2.45) is 0 Å². The number of carboxylic acids is 1. The lowest BCUT2D eigenvalue weighted by Gasteiger charge is -2.32. The molecule has 1 N–H and O–H groups in total. The van der Waals surface area contributed by atoms with Gasteiger partial charge in [0.25, 0.3) is 0 Å². The summed E-state index contributed by atoms with van der Waals surface area (Å²) in [6, 6.07) is 0.583. The van der Waals surface area contributed by atoms with Crippen LogP contribution >= 0.6 is 11.3 Å². The van der Waals surface area contributed by atoms with E-state index in [0.29, 0.717) is 18.6 Å². The molecule has 2 rings (SSSR count). The van der Waals surface area contributed by atoms with Crippen molar-refractivity contribution in [3.05, 3.63) is 21.9 Å². The minimum Gasteiger partial charge on any atom is -0.480 e. The molecule has 8 heteroatoms. The molecule has 112 valence electrons. The van der Waals surface area contributed by atoms with Gasteiger partial charge in [-0.2, -0.15) is 4.31 Å². The summed E-state index contributed by atoms with van der Waals surface area (Å²) in [7, 11) is -3.64. The largest absolute Gasteiger partial charge is 0.480 e. The third-order valence-corrected chi connectivity index (χ3v) is 5.99. The van der Waals surface area contributed by atoms with E-state index in [0.717, 1.165) is 9.18 Å². The number of hydrogen-bond donors (Lipinski definition) is 1. The van der Waals surface area contributed by atoms with Crippen LogP contribution in [0.2, 0.25) is 0 Å². The fourth-order valence-electron chi connectivity index (χ4n) is 2.28. The highest BCUT2D eigenvalue weighted by Gasteiger charge is 2.40. The van der Waals surface area contributed by atoms with Crippen LogP contribution < -0.4 is 0 Å². The van der Waals surface area contributed by atoms with Gasteiger partial charge in [0.2, 0.25) is 10.0 Å². The van der Waals surface area contributed by atoms with Crippen LogP contribution in [0, 0.1) is 0 Å². The number of ether oxygens (including phenoxy) is 1. The molecule has 20 heavy (non-hydrogen) atoms. The van der Waals surface area contributed by atoms with E-state index in [4.69, 9.17) is 4.74 Å². The maximum absolute atomic E-state index is 12.3. The van der Waals surface area contributed by atoms with E-state index in [9.17, 15) is 18.3 Å². The first-order chi connectivity index (χ1) is 9.47. The van der Waals surface area contributed by atoms with Crippen LogP contribution in [0.3, 0.4) is 0 Å². The summed E-state index contributed by atoms with van der Waals surface area (Å²) in [6.07, 6.45) is 0.560. The van der Waals surface area contributed by atoms with E-state index in [1.807, 2.05) is 0 Å². The molecule has 0 aliphatic carbocycles. The van der Waals surface area contributed by atoms with Gasteiger partial charge in [0.15, 0.2) is 0 Å². The SMILES string of the molecule is CCOCCS(=O)(=O)N1CCc2sccc2C1C(=O)O. The molecular weight excluding hydrogens is 302 g/mol. The van der Waals surface area contributed by atoms with E-state index < -0.39 is 22.0 Å². The smallest absolute Gasteiger partial charge is 0.326 e. The summed E-state index contributed by atoms with van der Waals surface area (Å²) in [5, 5.41) is 11.2. The third-order valence-electron chi connectivity index (χ3n) is 3.20. The standard InChI is InChI=1S/C12H17NO5S2/c1-2-18-6-8-20(16,17)13-5-3-10-9(4-7-19-10)11(13)12(14)15/h4,7,11H,2-3,5-6,8H2,1H3,(H,14,15). The Labute approximate surface area is 122 Å². The molecule has 0 spiro atoms. The molecule has 1 aromatic heterocycles. The molecule has 0 amide bonds. The van der Waals surface area contributed by atoms with Gasteiger partial charge >= 0.3 is 5.97 Å². The molecule has 6 nitrogen and oxygen atoms in total. The number of fused-ring (bicyclic) bond motifs is 1. The van der Waals surface area contributed by atoms with Crippen molar-refractivity contribution in [3.8, 4) is 0 Å². The summed E-state index contributed by atoms with van der Waals surface area (Å²) in [5.41, 5.74) is 0.591. The summed E-state index contributed by atoms with van der Waals surface area (Å²) < 4.78 is 30.7. The normalized spacial score (nSPS) is 19.8. The van der Waals surface area contributed by atoms with Crippen LogP contribution in [0.5, 0.6) is 0 Å². The van der Waals surface area contributed by atoms with Crippen LogP contribution in [-0.4, -0.2) is 49.3 Å². The second kappa shape index (κ2) is 6.21. The molecule has 0 aromatic carbocycles. The number of nitrogens with zero attached hydrogens (tertiary/aromatic N) is 1. The fourth-order valence-corrected chi connectivity index (χ4v) is 4.64. The third kappa shape index (κ3) is 3.03. The molecule has 1 atom stereocenters. The Hall–Kier alpha value is -0.960. The van der Waals surface area contributed by atoms with Gasteiger partial charge in [0, 0.05) is 18.0 Å². The van der Waals surface area contributed by atoms with Crippen molar-refractivity contribution in [2.75, 3.05) is 25.5 Å². The molecule has 1 aromatic rings. The molecule has 1 aliphatic heterocycles. The first-order valence-corrected chi connectivity index (χ1v) is 8.82. The Bertz CT molecular complexity index is 580. The van der Waals surface area contributed by atoms with Gasteiger partial charge in [-0.05, 0) is 30.4 Å². The van der Waals surface area contributed by atoms with E-state index in [1.165, 1.54) is 11.3 Å². The predicted octanol–water partition coefficient (Wildman–Crippen LogP) is 1.10. The van der Waals surface area contributed by atoms with Crippen molar-refractivity contribution in [1.29, 1.82) is 0 Å². The lowest BCUT2D eigenvalue weighted by atomic mass is 10.0. The van der Waals surface area contributed by atoms with Crippen molar-refractivity contribution in [2.45, 2.75) is 19.4 Å². The van der Waals surface area contributed by atoms with Crippen LogP contribution in [0.4, 0.5) is 0 Å². The molecule has 0 bridgehead atoms. The average Bonchev–Trinajstić information content (AvgIpc) is 2.85. The quantitative estimate of drug-likeness (QED) is 0.794. The van der Waals surface area contributed by atoms with Crippen LogP contribution in [0.1, 0.15) is 23.4 Å². The molecular formula is C12H17NO5S2. The Morgan fingerprint density at radius 3 is 3.00 bits per heavy atom. The monoisotopic (exact) mass is 319 g/mol. The van der Waals surface area contributed by atoms with Gasteiger partial charge < -0.3 is 9.84 Å². The van der Waals surface area contributed by atoms with Gasteiger partial charge in [-0.3, -0.25) is 4.79 Å². The van der Waals surface area contributed by atoms with Gasteiger partial charge in [-0.15, -0.1) is 11.3 Å². The zero-order valence-corrected chi connectivity index (χ0v) is 12.7. The first kappa shape index (κ1) is 15.4. The summed E-state index contributed by atoms with van der Waals surface area (Å²) in [6.45, 7) is 2.51. The predicted molar refractivity (Wildman–Crippen MR) is 75.4 cm³/mol. The fraction of sp³-hybridized carbons (Fsp3) is 0.583. The van der Waals surface area contributed by atoms with Crippen molar-refractivity contribution in [3.63, 3.8) is 0 Å². The van der Waals surface area contributed by atoms with Crippen LogP contribution in [0.15, 0.2) is 11.4 Å². The summed E-state index contributed by atoms with van der Waals surface area (Å²) >= 11 is 1.47. The topological polar surface area (TPSA) is 83.9 Å². The number of thiophene rings is 1. The number of sulfonamides is 1. The zero-order chi connectivity index (χ0) is 14.8. The Balaban J connectivity index is 2.25. The van der Waals surface area contributed by atoms with Crippen molar-refractivity contribution < 1.29 is 23.1 Å². The molecule has 0 fully saturated rings. The minimum atomic E-state index is -3.64. The number of hydrogen-bond acceptors (Lipinski definition) is 5. The molecule has 1 aliphatic rings. The lowest BCUT2D eigenvalue weighted by molar-refractivity contribution is -0.142. The molecule has 0 saturated heterocycles. The average molecular weight is 319 g/mol. The Kier molecular flexibility index (Phi) is 4.79. The molecule has 1 unspecified atom stereocenters. The number of carboxylic acid groups (broad SMARTS) is 1. The van der Waals surface area contributed by atoms with E-state index in [-0.39, 0.29) is 18.9 Å². The van der Waals surface area contributed by atoms with Crippen LogP contribution in [0.25, 0.3) is 0 Å². The summed E-state index contributed by atoms with van der Waals surface area (Å²) in [4.78, 5) is 12.4. The highest BCUT2D eigenvalue weighted by molar-refractivity contribution is 7.89. The second-order valence-corrected chi connectivity index (χ2v) is 7.46. The van der Waals surface area contributed by atoms with E-state index >= 15 is 0 Å². The Morgan fingerprint density at radius 1 is 1.60 bits per heavy atom. The highest BCUT2D eigenvalue weighted by atomic mass is 32.2. The van der Waals surface area contributed by atoms with Gasteiger partial charge in [0.1, 0.15) is 6.04 Å². The first-order valence-electron chi connectivity index (χ1n) is 6.33. The lowest BCUT2D eigenvalue weighted by Crippen LogP contribution is -2.44. The minimum absolute atomic E-state index is 0.0815. The molecule has 0 saturated carbocycles. The number of rotatable bonds is 6. The van der Waals surface area contributed by atoms with Crippen LogP contribution in [-0.2, 0) is 26.0 Å². The van der Waals surface area contributed by atoms with Crippen molar-refractivity contribution in [1.82, 2.24) is 4.31 Å². The van der Waals surface area contributed by atoms with Gasteiger partial charge in [-0.25, -0.2) is 8.42 Å². The zero-order valence-electron chi connectivity index (χ0n) is 11.1. The highest BCUT2D eigenvalue weighted by Crippen LogP contribution is 2.35. The van der Waals surface area contributed by atoms with Gasteiger partial charge in [0.05, 0.1) is 12.4 Å². The Morgan fingerprint density at radius 2 is 2.35 bits per heavy atom. The molecule has 0 radical (unpaired) electrons. The molecule has 2 heterocycles. The van der Waals surface area contributed by atoms with E-state index in [1.54, 1.807) is 18.4 Å². The summed E-state index contributed by atoms with van der Waals surface area (Å²) in [5.74, 6) is -1.33. The maximum Gasteiger partial charge on any atom is 0.326 e. The number of aliphatic carboxylic acids is 1. The van der Waals surface area contributed by atoms with Gasteiger partial charge in [-0.1, -0.05) is 0 Å². The van der Waals surface area contributed by atoms with E-state index in [2.05, 4.69) is 0 Å². The van der Waals surface area contributed by atoms with Crippen molar-refractivity contribution >= 4 is 27.3 Å². The number of carbonyl (C=O) groups is 1.